The Morgan fingerprint density at radius 3 is 2.67 bits per heavy atom. The molecule has 1 rings (SSSR count). The molecule has 0 heterocycles. The van der Waals surface area contributed by atoms with E-state index < -0.39 is 0 Å². The standard InChI is InChI=1S/C13H16O2/c1-3-11(2)15-13(14)10-9-12-7-5-4-6-8-12/h4-11H,3H2,1-2H3/b10-9-. The maximum absolute atomic E-state index is 11.3. The van der Waals surface area contributed by atoms with Crippen molar-refractivity contribution in [1.82, 2.24) is 0 Å². The molecule has 0 N–H and O–H groups in total. The molecule has 15 heavy (non-hydrogen) atoms. The zero-order valence-corrected chi connectivity index (χ0v) is 9.14. The SMILES string of the molecule is CCC(C)OC(=O)/C=C\c1ccccc1. The molecule has 0 aliphatic carbocycles. The zero-order valence-electron chi connectivity index (χ0n) is 9.14. The summed E-state index contributed by atoms with van der Waals surface area (Å²) in [5.41, 5.74) is 0.999. The number of hydrogen-bond donors (Lipinski definition) is 0. The van der Waals surface area contributed by atoms with Gasteiger partial charge in [0.15, 0.2) is 0 Å². The van der Waals surface area contributed by atoms with Crippen molar-refractivity contribution < 1.29 is 9.53 Å². The second kappa shape index (κ2) is 6.02. The Morgan fingerprint density at radius 2 is 2.07 bits per heavy atom. The van der Waals surface area contributed by atoms with Crippen LogP contribution in [0.3, 0.4) is 0 Å². The molecule has 0 aromatic heterocycles. The Labute approximate surface area is 90.6 Å². The first-order valence-electron chi connectivity index (χ1n) is 5.16. The first kappa shape index (κ1) is 11.5. The summed E-state index contributed by atoms with van der Waals surface area (Å²) in [6, 6.07) is 9.67. The van der Waals surface area contributed by atoms with Crippen molar-refractivity contribution in [2.75, 3.05) is 0 Å². The van der Waals surface area contributed by atoms with Crippen LogP contribution in [0.15, 0.2) is 36.4 Å². The summed E-state index contributed by atoms with van der Waals surface area (Å²) in [6.45, 7) is 3.87. The van der Waals surface area contributed by atoms with Gasteiger partial charge >= 0.3 is 5.97 Å². The number of ether oxygens (including phenoxy) is 1. The zero-order chi connectivity index (χ0) is 11.1. The fraction of sp³-hybridized carbons (Fsp3) is 0.308. The molecule has 0 amide bonds. The van der Waals surface area contributed by atoms with Crippen LogP contribution in [-0.4, -0.2) is 12.1 Å². The van der Waals surface area contributed by atoms with E-state index in [0.717, 1.165) is 12.0 Å². The number of carbonyl (C=O) groups is 1. The van der Waals surface area contributed by atoms with Gasteiger partial charge in [-0.05, 0) is 25.0 Å². The van der Waals surface area contributed by atoms with Crippen LogP contribution in [0.4, 0.5) is 0 Å². The van der Waals surface area contributed by atoms with Gasteiger partial charge in [-0.1, -0.05) is 37.3 Å². The molecule has 2 heteroatoms. The molecule has 1 unspecified atom stereocenters. The fourth-order valence-electron chi connectivity index (χ4n) is 1.05. The average molecular weight is 204 g/mol. The Kier molecular flexibility index (Phi) is 4.61. The number of hydrogen-bond acceptors (Lipinski definition) is 2. The summed E-state index contributed by atoms with van der Waals surface area (Å²) in [7, 11) is 0. The molecule has 0 aliphatic rings. The molecule has 0 aliphatic heterocycles. The minimum absolute atomic E-state index is 0.0158. The molecule has 0 saturated carbocycles. The fourth-order valence-corrected chi connectivity index (χ4v) is 1.05. The molecule has 0 bridgehead atoms. The van der Waals surface area contributed by atoms with E-state index in [1.807, 2.05) is 44.2 Å². The van der Waals surface area contributed by atoms with E-state index in [9.17, 15) is 4.79 Å². The summed E-state index contributed by atoms with van der Waals surface area (Å²) in [6.07, 6.45) is 4.04. The molecule has 0 radical (unpaired) electrons. The molecule has 1 aromatic carbocycles. The highest BCUT2D eigenvalue weighted by molar-refractivity contribution is 5.87. The lowest BCUT2D eigenvalue weighted by Crippen LogP contribution is -2.11. The van der Waals surface area contributed by atoms with E-state index in [0.29, 0.717) is 0 Å². The van der Waals surface area contributed by atoms with Crippen molar-refractivity contribution in [3.63, 3.8) is 0 Å². The molecule has 0 fully saturated rings. The van der Waals surface area contributed by atoms with Gasteiger partial charge in [0.2, 0.25) is 0 Å². The van der Waals surface area contributed by atoms with E-state index in [1.54, 1.807) is 6.08 Å². The smallest absolute Gasteiger partial charge is 0.331 e. The van der Waals surface area contributed by atoms with Crippen LogP contribution in [0.5, 0.6) is 0 Å². The Bertz CT molecular complexity index is 328. The lowest BCUT2D eigenvalue weighted by atomic mass is 10.2. The molecular weight excluding hydrogens is 188 g/mol. The van der Waals surface area contributed by atoms with E-state index in [4.69, 9.17) is 4.74 Å². The lowest BCUT2D eigenvalue weighted by Gasteiger charge is -2.07. The monoisotopic (exact) mass is 204 g/mol. The summed E-state index contributed by atoms with van der Waals surface area (Å²) in [5.74, 6) is -0.284. The van der Waals surface area contributed by atoms with Crippen LogP contribution in [0.2, 0.25) is 0 Å². The molecule has 0 saturated heterocycles. The number of rotatable bonds is 4. The van der Waals surface area contributed by atoms with Gasteiger partial charge in [-0.15, -0.1) is 0 Å². The molecule has 2 nitrogen and oxygen atoms in total. The quantitative estimate of drug-likeness (QED) is 0.556. The summed E-state index contributed by atoms with van der Waals surface area (Å²) >= 11 is 0. The van der Waals surface area contributed by atoms with Crippen molar-refractivity contribution in [3.05, 3.63) is 42.0 Å². The third-order valence-corrected chi connectivity index (χ3v) is 2.10. The van der Waals surface area contributed by atoms with Crippen LogP contribution < -0.4 is 0 Å². The van der Waals surface area contributed by atoms with Gasteiger partial charge in [0.25, 0.3) is 0 Å². The third kappa shape index (κ3) is 4.45. The highest BCUT2D eigenvalue weighted by Gasteiger charge is 2.02. The molecule has 1 aromatic rings. The summed E-state index contributed by atoms with van der Waals surface area (Å²) in [5, 5.41) is 0. The third-order valence-electron chi connectivity index (χ3n) is 2.10. The summed E-state index contributed by atoms with van der Waals surface area (Å²) < 4.78 is 5.10. The second-order valence-electron chi connectivity index (χ2n) is 3.40. The first-order chi connectivity index (χ1) is 7.22. The highest BCUT2D eigenvalue weighted by atomic mass is 16.5. The normalized spacial score (nSPS) is 12.7. The van der Waals surface area contributed by atoms with Gasteiger partial charge in [-0.2, -0.15) is 0 Å². The van der Waals surface area contributed by atoms with Gasteiger partial charge in [0.1, 0.15) is 0 Å². The second-order valence-corrected chi connectivity index (χ2v) is 3.40. The lowest BCUT2D eigenvalue weighted by molar-refractivity contribution is -0.142. The van der Waals surface area contributed by atoms with Crippen molar-refractivity contribution in [2.24, 2.45) is 0 Å². The number of esters is 1. The van der Waals surface area contributed by atoms with E-state index in [1.165, 1.54) is 6.08 Å². The van der Waals surface area contributed by atoms with Gasteiger partial charge in [0, 0.05) is 6.08 Å². The van der Waals surface area contributed by atoms with Crippen molar-refractivity contribution in [2.45, 2.75) is 26.4 Å². The topological polar surface area (TPSA) is 26.3 Å². The molecule has 0 spiro atoms. The minimum Gasteiger partial charge on any atom is -0.460 e. The summed E-state index contributed by atoms with van der Waals surface area (Å²) in [4.78, 5) is 11.3. The Morgan fingerprint density at radius 1 is 1.40 bits per heavy atom. The largest absolute Gasteiger partial charge is 0.460 e. The Hall–Kier alpha value is -1.57. The van der Waals surface area contributed by atoms with Gasteiger partial charge in [-0.25, -0.2) is 4.79 Å². The van der Waals surface area contributed by atoms with E-state index >= 15 is 0 Å². The average Bonchev–Trinajstić information content (AvgIpc) is 2.27. The van der Waals surface area contributed by atoms with Gasteiger partial charge in [0.05, 0.1) is 6.10 Å². The predicted molar refractivity (Wildman–Crippen MR) is 61.3 cm³/mol. The maximum Gasteiger partial charge on any atom is 0.331 e. The van der Waals surface area contributed by atoms with Gasteiger partial charge in [-0.3, -0.25) is 0 Å². The van der Waals surface area contributed by atoms with E-state index in [-0.39, 0.29) is 12.1 Å². The minimum atomic E-state index is -0.284. The van der Waals surface area contributed by atoms with Crippen molar-refractivity contribution in [3.8, 4) is 0 Å². The first-order valence-corrected chi connectivity index (χ1v) is 5.16. The predicted octanol–water partition coefficient (Wildman–Crippen LogP) is 3.04. The molecule has 1 atom stereocenters. The van der Waals surface area contributed by atoms with Crippen molar-refractivity contribution >= 4 is 12.0 Å². The maximum atomic E-state index is 11.3. The van der Waals surface area contributed by atoms with Gasteiger partial charge < -0.3 is 4.74 Å². The van der Waals surface area contributed by atoms with Crippen LogP contribution in [-0.2, 0) is 9.53 Å². The highest BCUT2D eigenvalue weighted by Crippen LogP contribution is 2.02. The molecular formula is C13H16O2. The van der Waals surface area contributed by atoms with Crippen LogP contribution >= 0.6 is 0 Å². The van der Waals surface area contributed by atoms with Crippen LogP contribution in [0.25, 0.3) is 6.08 Å². The van der Waals surface area contributed by atoms with Crippen molar-refractivity contribution in [1.29, 1.82) is 0 Å². The molecule has 80 valence electrons. The number of benzene rings is 1. The van der Waals surface area contributed by atoms with Crippen LogP contribution in [0, 0.1) is 0 Å². The Balaban J connectivity index is 2.48. The number of carbonyl (C=O) groups excluding carboxylic acids is 1. The van der Waals surface area contributed by atoms with E-state index in [2.05, 4.69) is 0 Å². The van der Waals surface area contributed by atoms with Crippen LogP contribution in [0.1, 0.15) is 25.8 Å².